The van der Waals surface area contributed by atoms with Gasteiger partial charge in [-0.1, -0.05) is 0 Å². The van der Waals surface area contributed by atoms with Crippen LogP contribution in [0.1, 0.15) is 25.7 Å². The topological polar surface area (TPSA) is 0 Å². The van der Waals surface area contributed by atoms with E-state index < -0.39 is 0 Å². The molecule has 3 aliphatic rings. The van der Waals surface area contributed by atoms with Crippen LogP contribution in [0.15, 0.2) is 0 Å². The van der Waals surface area contributed by atoms with Gasteiger partial charge in [-0.25, -0.2) is 0 Å². The van der Waals surface area contributed by atoms with E-state index in [9.17, 15) is 0 Å². The molecule has 0 aromatic heterocycles. The quantitative estimate of drug-likeness (QED) is 0.442. The van der Waals surface area contributed by atoms with Gasteiger partial charge >= 0.3 is 0 Å². The second-order valence-electron chi connectivity index (χ2n) is 4.38. The molecule has 0 aromatic rings. The van der Waals surface area contributed by atoms with Crippen LogP contribution >= 0.6 is 0 Å². The highest BCUT2D eigenvalue weighted by Crippen LogP contribution is 2.30. The molecule has 3 aliphatic heterocycles. The van der Waals surface area contributed by atoms with Crippen molar-refractivity contribution in [3.05, 3.63) is 0 Å². The van der Waals surface area contributed by atoms with Gasteiger partial charge in [0.05, 0.1) is 26.7 Å². The van der Waals surface area contributed by atoms with E-state index in [1.54, 1.807) is 0 Å². The van der Waals surface area contributed by atoms with Crippen LogP contribution in [0, 0.1) is 5.92 Å². The minimum Gasteiger partial charge on any atom is -1.00 e. The highest BCUT2D eigenvalue weighted by molar-refractivity contribution is 4.68. The molecule has 2 heteroatoms. The van der Waals surface area contributed by atoms with Gasteiger partial charge in [-0.2, -0.15) is 0 Å². The van der Waals surface area contributed by atoms with E-state index in [0.29, 0.717) is 0 Å². The zero-order valence-electron chi connectivity index (χ0n) is 7.35. The number of rotatable bonds is 0. The third kappa shape index (κ3) is 1.97. The molecule has 3 saturated heterocycles. The Labute approximate surface area is 80.1 Å². The van der Waals surface area contributed by atoms with E-state index in [1.807, 2.05) is 0 Å². The zero-order chi connectivity index (χ0) is 7.03. The average molecular weight is 220 g/mol. The highest BCUT2D eigenvalue weighted by atomic mass is 79.9. The van der Waals surface area contributed by atoms with Crippen molar-refractivity contribution < 1.29 is 21.5 Å². The Morgan fingerprint density at radius 1 is 1.00 bits per heavy atom. The van der Waals surface area contributed by atoms with Gasteiger partial charge in [0.2, 0.25) is 0 Å². The maximum Gasteiger partial charge on any atom is 0.0787 e. The SMILES string of the molecule is C[N+]12CCCC(CC1)CC2.[Br-]. The molecular formula is C9H18BrN. The molecule has 0 atom stereocenters. The molecule has 3 heterocycles. The van der Waals surface area contributed by atoms with Gasteiger partial charge in [0.15, 0.2) is 0 Å². The van der Waals surface area contributed by atoms with Gasteiger partial charge in [-0.15, -0.1) is 0 Å². The van der Waals surface area contributed by atoms with Crippen molar-refractivity contribution >= 4 is 0 Å². The van der Waals surface area contributed by atoms with Gasteiger partial charge in [0.1, 0.15) is 0 Å². The highest BCUT2D eigenvalue weighted by Gasteiger charge is 2.32. The van der Waals surface area contributed by atoms with Gasteiger partial charge in [0.25, 0.3) is 0 Å². The van der Waals surface area contributed by atoms with Crippen LogP contribution in [0.25, 0.3) is 0 Å². The first-order valence-corrected chi connectivity index (χ1v) is 4.62. The number of halogens is 1. The lowest BCUT2D eigenvalue weighted by Crippen LogP contribution is -3.00. The lowest BCUT2D eigenvalue weighted by atomic mass is 9.95. The molecule has 2 bridgehead atoms. The monoisotopic (exact) mass is 219 g/mol. The molecule has 0 spiro atoms. The Balaban J connectivity index is 0.000000605. The van der Waals surface area contributed by atoms with E-state index in [0.717, 1.165) is 5.92 Å². The summed E-state index contributed by atoms with van der Waals surface area (Å²) in [4.78, 5) is 0. The van der Waals surface area contributed by atoms with E-state index in [-0.39, 0.29) is 17.0 Å². The predicted molar refractivity (Wildman–Crippen MR) is 42.7 cm³/mol. The molecule has 0 amide bonds. The Hall–Kier alpha value is 0.440. The first kappa shape index (κ1) is 9.53. The number of nitrogens with zero attached hydrogens (tertiary/aromatic N) is 1. The average Bonchev–Trinajstić information content (AvgIpc) is 2.19. The Bertz CT molecular complexity index is 122. The summed E-state index contributed by atoms with van der Waals surface area (Å²) in [6.07, 6.45) is 6.03. The van der Waals surface area contributed by atoms with Crippen molar-refractivity contribution in [3.63, 3.8) is 0 Å². The van der Waals surface area contributed by atoms with Crippen molar-refractivity contribution in [2.45, 2.75) is 25.7 Å². The zero-order valence-corrected chi connectivity index (χ0v) is 8.94. The summed E-state index contributed by atoms with van der Waals surface area (Å²) in [7, 11) is 2.43. The van der Waals surface area contributed by atoms with Crippen LogP contribution < -0.4 is 17.0 Å². The van der Waals surface area contributed by atoms with Crippen molar-refractivity contribution in [1.82, 2.24) is 0 Å². The molecule has 0 aromatic carbocycles. The summed E-state index contributed by atoms with van der Waals surface area (Å²) in [5.41, 5.74) is 0. The fraction of sp³-hybridized carbons (Fsp3) is 1.00. The summed E-state index contributed by atoms with van der Waals surface area (Å²) < 4.78 is 1.39. The normalized spacial score (nSPS) is 42.8. The van der Waals surface area contributed by atoms with E-state index >= 15 is 0 Å². The summed E-state index contributed by atoms with van der Waals surface area (Å²) in [5, 5.41) is 0. The summed E-state index contributed by atoms with van der Waals surface area (Å²) in [6, 6.07) is 0. The summed E-state index contributed by atoms with van der Waals surface area (Å²) >= 11 is 0. The van der Waals surface area contributed by atoms with Crippen LogP contribution in [-0.2, 0) is 0 Å². The standard InChI is InChI=1S/C9H18N.BrH/c1-10-6-2-3-9(4-7-10)5-8-10;/h9H,2-8H2,1H3;1H/q+1;/p-1. The third-order valence-electron chi connectivity index (χ3n) is 3.46. The van der Waals surface area contributed by atoms with Gasteiger partial charge < -0.3 is 21.5 Å². The molecule has 0 aliphatic carbocycles. The molecule has 0 N–H and O–H groups in total. The Morgan fingerprint density at radius 2 is 1.64 bits per heavy atom. The largest absolute Gasteiger partial charge is 1.00 e. The molecule has 3 fully saturated rings. The van der Waals surface area contributed by atoms with Crippen molar-refractivity contribution in [2.24, 2.45) is 5.92 Å². The first-order valence-electron chi connectivity index (χ1n) is 4.62. The van der Waals surface area contributed by atoms with Crippen molar-refractivity contribution in [1.29, 1.82) is 0 Å². The molecular weight excluding hydrogens is 202 g/mol. The van der Waals surface area contributed by atoms with E-state index in [4.69, 9.17) is 0 Å². The van der Waals surface area contributed by atoms with Crippen LogP contribution in [0.3, 0.4) is 0 Å². The Morgan fingerprint density at radius 3 is 2.27 bits per heavy atom. The lowest BCUT2D eigenvalue weighted by Gasteiger charge is -2.36. The number of quaternary nitrogens is 1. The molecule has 0 unspecified atom stereocenters. The van der Waals surface area contributed by atoms with E-state index in [1.165, 1.54) is 49.8 Å². The minimum atomic E-state index is 0. The fourth-order valence-corrected chi connectivity index (χ4v) is 2.52. The van der Waals surface area contributed by atoms with E-state index in [2.05, 4.69) is 7.05 Å². The second kappa shape index (κ2) is 3.44. The smallest absolute Gasteiger partial charge is 0.0787 e. The molecule has 66 valence electrons. The van der Waals surface area contributed by atoms with Gasteiger partial charge in [0, 0.05) is 0 Å². The van der Waals surface area contributed by atoms with Gasteiger partial charge in [-0.05, 0) is 31.6 Å². The molecule has 0 radical (unpaired) electrons. The number of hydrogen-bond acceptors (Lipinski definition) is 0. The van der Waals surface area contributed by atoms with Crippen LogP contribution in [0.5, 0.6) is 0 Å². The maximum absolute atomic E-state index is 2.43. The van der Waals surface area contributed by atoms with Crippen LogP contribution in [0.4, 0.5) is 0 Å². The number of piperidine rings is 1. The number of fused-ring (bicyclic) bond motifs is 4. The molecule has 0 saturated carbocycles. The first-order chi connectivity index (χ1) is 4.79. The second-order valence-corrected chi connectivity index (χ2v) is 4.38. The van der Waals surface area contributed by atoms with Crippen LogP contribution in [0.2, 0.25) is 0 Å². The molecule has 3 rings (SSSR count). The van der Waals surface area contributed by atoms with Crippen molar-refractivity contribution in [2.75, 3.05) is 26.7 Å². The summed E-state index contributed by atoms with van der Waals surface area (Å²) in [6.45, 7) is 4.38. The molecule has 1 nitrogen and oxygen atoms in total. The fourth-order valence-electron chi connectivity index (χ4n) is 2.52. The minimum absolute atomic E-state index is 0. The lowest BCUT2D eigenvalue weighted by molar-refractivity contribution is -0.912. The van der Waals surface area contributed by atoms with Crippen LogP contribution in [-0.4, -0.2) is 31.2 Å². The maximum atomic E-state index is 2.43. The number of hydrogen-bond donors (Lipinski definition) is 0. The summed E-state index contributed by atoms with van der Waals surface area (Å²) in [5.74, 6) is 1.11. The van der Waals surface area contributed by atoms with Gasteiger partial charge in [-0.3, -0.25) is 0 Å². The predicted octanol–water partition coefficient (Wildman–Crippen LogP) is -1.36. The third-order valence-corrected chi connectivity index (χ3v) is 3.46. The Kier molecular flexibility index (Phi) is 2.98. The van der Waals surface area contributed by atoms with Crippen molar-refractivity contribution in [3.8, 4) is 0 Å². The molecule has 11 heavy (non-hydrogen) atoms.